The summed E-state index contributed by atoms with van der Waals surface area (Å²) in [7, 11) is 0. The molecular formula is C16H26OS. The van der Waals surface area contributed by atoms with Gasteiger partial charge >= 0.3 is 0 Å². The zero-order chi connectivity index (χ0) is 13.4. The summed E-state index contributed by atoms with van der Waals surface area (Å²) in [4.78, 5) is 0. The summed E-state index contributed by atoms with van der Waals surface area (Å²) in [5.41, 5.74) is 2.63. The van der Waals surface area contributed by atoms with Crippen LogP contribution in [0.25, 0.3) is 0 Å². The number of hydrogen-bond acceptors (Lipinski definition) is 2. The average molecular weight is 266 g/mol. The van der Waals surface area contributed by atoms with Crippen LogP contribution in [0.4, 0.5) is 0 Å². The molecule has 0 aromatic heterocycles. The molecule has 0 fully saturated rings. The van der Waals surface area contributed by atoms with Gasteiger partial charge in [-0.05, 0) is 67.4 Å². The summed E-state index contributed by atoms with van der Waals surface area (Å²) in [6.45, 7) is 9.62. The van der Waals surface area contributed by atoms with E-state index in [4.69, 9.17) is 4.74 Å². The van der Waals surface area contributed by atoms with Gasteiger partial charge in [0.25, 0.3) is 0 Å². The molecule has 0 aliphatic rings. The minimum Gasteiger partial charge on any atom is -0.494 e. The summed E-state index contributed by atoms with van der Waals surface area (Å²) >= 11 is 2.05. The highest BCUT2D eigenvalue weighted by molar-refractivity contribution is 7.99. The minimum absolute atomic E-state index is 0.761. The fourth-order valence-electron chi connectivity index (χ4n) is 1.69. The Bertz CT molecular complexity index is 347. The van der Waals surface area contributed by atoms with Gasteiger partial charge in [-0.25, -0.2) is 0 Å². The second kappa shape index (κ2) is 8.47. The molecule has 102 valence electrons. The van der Waals surface area contributed by atoms with E-state index in [0.717, 1.165) is 24.0 Å². The largest absolute Gasteiger partial charge is 0.494 e. The molecule has 0 aliphatic heterocycles. The molecule has 0 saturated carbocycles. The van der Waals surface area contributed by atoms with Crippen molar-refractivity contribution in [2.24, 2.45) is 0 Å². The normalized spacial score (nSPS) is 10.9. The van der Waals surface area contributed by atoms with E-state index in [-0.39, 0.29) is 0 Å². The van der Waals surface area contributed by atoms with Crippen LogP contribution in [-0.4, -0.2) is 17.6 Å². The van der Waals surface area contributed by atoms with Crippen LogP contribution >= 0.6 is 11.8 Å². The SMILES string of the molecule is Cc1ccc(OCCCCCSC(C)C)cc1C. The van der Waals surface area contributed by atoms with Crippen LogP contribution in [0.2, 0.25) is 0 Å². The first kappa shape index (κ1) is 15.4. The highest BCUT2D eigenvalue weighted by Crippen LogP contribution is 2.17. The molecule has 0 radical (unpaired) electrons. The molecule has 0 atom stereocenters. The van der Waals surface area contributed by atoms with Crippen LogP contribution in [0, 0.1) is 13.8 Å². The van der Waals surface area contributed by atoms with Gasteiger partial charge < -0.3 is 4.74 Å². The van der Waals surface area contributed by atoms with E-state index in [1.807, 2.05) is 11.8 Å². The molecule has 0 spiro atoms. The van der Waals surface area contributed by atoms with Crippen molar-refractivity contribution in [3.63, 3.8) is 0 Å². The second-order valence-corrected chi connectivity index (χ2v) is 6.76. The molecule has 0 saturated heterocycles. The van der Waals surface area contributed by atoms with Crippen LogP contribution in [0.1, 0.15) is 44.2 Å². The number of unbranched alkanes of at least 4 members (excludes halogenated alkanes) is 2. The third kappa shape index (κ3) is 6.34. The molecule has 0 N–H and O–H groups in total. The minimum atomic E-state index is 0.761. The van der Waals surface area contributed by atoms with E-state index < -0.39 is 0 Å². The Hall–Kier alpha value is -0.630. The van der Waals surface area contributed by atoms with E-state index in [1.54, 1.807) is 0 Å². The molecule has 0 heterocycles. The third-order valence-electron chi connectivity index (χ3n) is 2.99. The Balaban J connectivity index is 2.09. The molecule has 1 aromatic carbocycles. The first-order valence-corrected chi connectivity index (χ1v) is 7.96. The van der Waals surface area contributed by atoms with Crippen LogP contribution in [0.3, 0.4) is 0 Å². The Morgan fingerprint density at radius 1 is 1.06 bits per heavy atom. The van der Waals surface area contributed by atoms with Gasteiger partial charge in [-0.1, -0.05) is 19.9 Å². The number of rotatable bonds is 8. The van der Waals surface area contributed by atoms with Crippen molar-refractivity contribution in [2.75, 3.05) is 12.4 Å². The Labute approximate surface area is 116 Å². The van der Waals surface area contributed by atoms with Gasteiger partial charge in [0.2, 0.25) is 0 Å². The van der Waals surface area contributed by atoms with Crippen molar-refractivity contribution in [3.05, 3.63) is 29.3 Å². The van der Waals surface area contributed by atoms with Crippen molar-refractivity contribution in [2.45, 2.75) is 52.2 Å². The Kier molecular flexibility index (Phi) is 7.26. The monoisotopic (exact) mass is 266 g/mol. The van der Waals surface area contributed by atoms with E-state index >= 15 is 0 Å². The molecular weight excluding hydrogens is 240 g/mol. The van der Waals surface area contributed by atoms with Crippen molar-refractivity contribution in [3.8, 4) is 5.75 Å². The number of aryl methyl sites for hydroxylation is 2. The molecule has 0 unspecified atom stereocenters. The maximum absolute atomic E-state index is 5.76. The lowest BCUT2D eigenvalue weighted by Crippen LogP contribution is -1.98. The fraction of sp³-hybridized carbons (Fsp3) is 0.625. The summed E-state index contributed by atoms with van der Waals surface area (Å²) in [6, 6.07) is 6.32. The van der Waals surface area contributed by atoms with Gasteiger partial charge in [0, 0.05) is 0 Å². The van der Waals surface area contributed by atoms with Crippen molar-refractivity contribution in [1.29, 1.82) is 0 Å². The molecule has 2 heteroatoms. The topological polar surface area (TPSA) is 9.23 Å². The smallest absolute Gasteiger partial charge is 0.119 e. The van der Waals surface area contributed by atoms with Gasteiger partial charge in [-0.15, -0.1) is 0 Å². The lowest BCUT2D eigenvalue weighted by atomic mass is 10.1. The summed E-state index contributed by atoms with van der Waals surface area (Å²) in [6.07, 6.45) is 3.73. The van der Waals surface area contributed by atoms with Crippen molar-refractivity contribution < 1.29 is 4.74 Å². The zero-order valence-corrected chi connectivity index (χ0v) is 13.0. The number of thioether (sulfide) groups is 1. The number of hydrogen-bond donors (Lipinski definition) is 0. The number of benzene rings is 1. The summed E-state index contributed by atoms with van der Waals surface area (Å²) < 4.78 is 5.76. The molecule has 18 heavy (non-hydrogen) atoms. The number of ether oxygens (including phenoxy) is 1. The Morgan fingerprint density at radius 3 is 2.50 bits per heavy atom. The molecule has 1 nitrogen and oxygen atoms in total. The van der Waals surface area contributed by atoms with E-state index in [0.29, 0.717) is 0 Å². The maximum atomic E-state index is 5.76. The first-order chi connectivity index (χ1) is 8.59. The van der Waals surface area contributed by atoms with Crippen molar-refractivity contribution >= 4 is 11.8 Å². The second-order valence-electron chi connectivity index (χ2n) is 5.07. The third-order valence-corrected chi connectivity index (χ3v) is 4.18. The molecule has 0 amide bonds. The highest BCUT2D eigenvalue weighted by Gasteiger charge is 1.98. The van der Waals surface area contributed by atoms with Crippen LogP contribution in [0.5, 0.6) is 5.75 Å². The molecule has 1 rings (SSSR count). The zero-order valence-electron chi connectivity index (χ0n) is 12.2. The van der Waals surface area contributed by atoms with E-state index in [9.17, 15) is 0 Å². The van der Waals surface area contributed by atoms with E-state index in [2.05, 4.69) is 45.9 Å². The predicted molar refractivity (Wildman–Crippen MR) is 82.9 cm³/mol. The van der Waals surface area contributed by atoms with Crippen LogP contribution in [0.15, 0.2) is 18.2 Å². The quantitative estimate of drug-likeness (QED) is 0.613. The predicted octanol–water partition coefficient (Wildman–Crippen LogP) is 4.99. The van der Waals surface area contributed by atoms with Crippen LogP contribution < -0.4 is 4.74 Å². The highest BCUT2D eigenvalue weighted by atomic mass is 32.2. The van der Waals surface area contributed by atoms with Gasteiger partial charge in [0.05, 0.1) is 6.61 Å². The standard InChI is InChI=1S/C16H26OS/c1-13(2)18-11-7-5-6-10-17-16-9-8-14(3)15(4)12-16/h8-9,12-13H,5-7,10-11H2,1-4H3. The van der Waals surface area contributed by atoms with Gasteiger partial charge in [-0.3, -0.25) is 0 Å². The summed E-state index contributed by atoms with van der Waals surface area (Å²) in [5.74, 6) is 2.29. The van der Waals surface area contributed by atoms with Gasteiger partial charge in [-0.2, -0.15) is 11.8 Å². The maximum Gasteiger partial charge on any atom is 0.119 e. The average Bonchev–Trinajstić information content (AvgIpc) is 2.32. The van der Waals surface area contributed by atoms with Crippen molar-refractivity contribution in [1.82, 2.24) is 0 Å². The van der Waals surface area contributed by atoms with Gasteiger partial charge in [0.15, 0.2) is 0 Å². The lowest BCUT2D eigenvalue weighted by Gasteiger charge is -2.08. The first-order valence-electron chi connectivity index (χ1n) is 6.91. The molecule has 0 aliphatic carbocycles. The molecule has 1 aromatic rings. The lowest BCUT2D eigenvalue weighted by molar-refractivity contribution is 0.306. The summed E-state index contributed by atoms with van der Waals surface area (Å²) in [5, 5.41) is 0.761. The van der Waals surface area contributed by atoms with Crippen LogP contribution in [-0.2, 0) is 0 Å². The Morgan fingerprint density at radius 2 is 1.83 bits per heavy atom. The molecule has 0 bridgehead atoms. The van der Waals surface area contributed by atoms with Gasteiger partial charge in [0.1, 0.15) is 5.75 Å². The fourth-order valence-corrected chi connectivity index (χ4v) is 2.54. The van der Waals surface area contributed by atoms with E-state index in [1.165, 1.54) is 29.7 Å².